The van der Waals surface area contributed by atoms with E-state index in [-0.39, 0.29) is 24.0 Å². The molecule has 0 atom stereocenters. The smallest absolute Gasteiger partial charge is 0.348 e. The highest BCUT2D eigenvalue weighted by Crippen LogP contribution is 2.30. The van der Waals surface area contributed by atoms with E-state index in [0.717, 1.165) is 22.0 Å². The zero-order chi connectivity index (χ0) is 24.9. The zero-order valence-electron chi connectivity index (χ0n) is 19.6. The molecule has 4 aromatic rings. The van der Waals surface area contributed by atoms with Crippen molar-refractivity contribution >= 4 is 34.1 Å². The van der Waals surface area contributed by atoms with Crippen molar-refractivity contribution in [1.82, 2.24) is 9.55 Å². The van der Waals surface area contributed by atoms with Gasteiger partial charge in [0.15, 0.2) is 0 Å². The Balaban J connectivity index is 1.82. The Kier molecular flexibility index (Phi) is 7.32. The molecule has 0 saturated carbocycles. The molecule has 1 N–H and O–H groups in total. The first-order chi connectivity index (χ1) is 16.9. The van der Waals surface area contributed by atoms with Crippen LogP contribution in [0.4, 0.5) is 5.69 Å². The molecule has 3 aromatic carbocycles. The lowest BCUT2D eigenvalue weighted by atomic mass is 9.99. The quantitative estimate of drug-likeness (QED) is 0.247. The van der Waals surface area contributed by atoms with Gasteiger partial charge in [-0.3, -0.25) is 9.36 Å². The van der Waals surface area contributed by atoms with Crippen LogP contribution in [-0.2, 0) is 11.3 Å². The van der Waals surface area contributed by atoms with Crippen molar-refractivity contribution in [3.05, 3.63) is 101 Å². The SMILES string of the molecule is C=COc1ccc2c(c1)c(-c1ccc(C(C)C)cc1)nc(=O)n2Cc1cccc(NC(=O)CCl)c1. The van der Waals surface area contributed by atoms with Crippen LogP contribution in [0.1, 0.15) is 30.9 Å². The van der Waals surface area contributed by atoms with E-state index in [1.165, 1.54) is 11.8 Å². The summed E-state index contributed by atoms with van der Waals surface area (Å²) < 4.78 is 7.12. The molecule has 35 heavy (non-hydrogen) atoms. The molecule has 1 heterocycles. The van der Waals surface area contributed by atoms with Gasteiger partial charge in [-0.15, -0.1) is 11.6 Å². The number of rotatable bonds is 8. The van der Waals surface area contributed by atoms with Gasteiger partial charge in [0.1, 0.15) is 11.6 Å². The van der Waals surface area contributed by atoms with E-state index in [1.807, 2.05) is 42.5 Å². The standard InChI is InChI=1S/C28H26ClN3O3/c1-4-35-23-12-13-25-24(15-23)27(21-10-8-20(9-11-21)18(2)3)31-28(34)32(25)17-19-6-5-7-22(14-19)30-26(33)16-29/h4-15,18H,1,16-17H2,2-3H3,(H,30,33). The molecule has 1 aromatic heterocycles. The van der Waals surface area contributed by atoms with E-state index >= 15 is 0 Å². The van der Waals surface area contributed by atoms with Gasteiger partial charge in [-0.1, -0.05) is 56.8 Å². The number of carbonyl (C=O) groups excluding carboxylic acids is 1. The molecule has 0 unspecified atom stereocenters. The number of aromatic nitrogens is 2. The van der Waals surface area contributed by atoms with E-state index in [9.17, 15) is 9.59 Å². The minimum absolute atomic E-state index is 0.132. The Hall–Kier alpha value is -3.90. The van der Waals surface area contributed by atoms with Crippen LogP contribution in [-0.4, -0.2) is 21.3 Å². The van der Waals surface area contributed by atoms with E-state index in [2.05, 4.69) is 42.9 Å². The third-order valence-electron chi connectivity index (χ3n) is 5.70. The molecule has 7 heteroatoms. The number of anilines is 1. The number of hydrogen-bond donors (Lipinski definition) is 1. The molecule has 0 saturated heterocycles. The van der Waals surface area contributed by atoms with Crippen molar-refractivity contribution in [3.63, 3.8) is 0 Å². The highest BCUT2D eigenvalue weighted by Gasteiger charge is 2.15. The second-order valence-corrected chi connectivity index (χ2v) is 8.72. The van der Waals surface area contributed by atoms with Crippen LogP contribution in [0.25, 0.3) is 22.2 Å². The normalized spacial score (nSPS) is 11.0. The molecule has 0 aliphatic rings. The van der Waals surface area contributed by atoms with Crippen LogP contribution < -0.4 is 15.7 Å². The maximum Gasteiger partial charge on any atom is 0.348 e. The third kappa shape index (κ3) is 5.44. The highest BCUT2D eigenvalue weighted by molar-refractivity contribution is 6.29. The lowest BCUT2D eigenvalue weighted by molar-refractivity contribution is -0.113. The van der Waals surface area contributed by atoms with E-state index < -0.39 is 0 Å². The summed E-state index contributed by atoms with van der Waals surface area (Å²) >= 11 is 5.60. The first-order valence-corrected chi connectivity index (χ1v) is 11.8. The summed E-state index contributed by atoms with van der Waals surface area (Å²) in [6, 6.07) is 20.9. The number of benzene rings is 3. The van der Waals surface area contributed by atoms with Crippen molar-refractivity contribution < 1.29 is 9.53 Å². The molecule has 178 valence electrons. The number of fused-ring (bicyclic) bond motifs is 1. The Morgan fingerprint density at radius 3 is 2.60 bits per heavy atom. The largest absolute Gasteiger partial charge is 0.466 e. The average molecular weight is 488 g/mol. The summed E-state index contributed by atoms with van der Waals surface area (Å²) in [5.41, 5.74) is 4.46. The highest BCUT2D eigenvalue weighted by atomic mass is 35.5. The maximum atomic E-state index is 13.2. The number of halogens is 1. The lowest BCUT2D eigenvalue weighted by Gasteiger charge is -2.15. The predicted molar refractivity (Wildman–Crippen MR) is 141 cm³/mol. The second-order valence-electron chi connectivity index (χ2n) is 8.45. The molecule has 0 bridgehead atoms. The van der Waals surface area contributed by atoms with Crippen molar-refractivity contribution in [2.75, 3.05) is 11.2 Å². The van der Waals surface area contributed by atoms with E-state index in [0.29, 0.717) is 23.0 Å². The van der Waals surface area contributed by atoms with Crippen LogP contribution in [0.15, 0.2) is 84.4 Å². The van der Waals surface area contributed by atoms with Gasteiger partial charge < -0.3 is 10.1 Å². The zero-order valence-corrected chi connectivity index (χ0v) is 20.4. The summed E-state index contributed by atoms with van der Waals surface area (Å²) in [7, 11) is 0. The van der Waals surface area contributed by atoms with Crippen LogP contribution in [0.2, 0.25) is 0 Å². The van der Waals surface area contributed by atoms with Gasteiger partial charge in [0, 0.05) is 16.6 Å². The second kappa shape index (κ2) is 10.6. The lowest BCUT2D eigenvalue weighted by Crippen LogP contribution is -2.24. The van der Waals surface area contributed by atoms with Gasteiger partial charge in [0.2, 0.25) is 5.91 Å². The molecule has 1 amide bonds. The van der Waals surface area contributed by atoms with Crippen LogP contribution in [0, 0.1) is 0 Å². The van der Waals surface area contributed by atoms with Crippen LogP contribution in [0.3, 0.4) is 0 Å². The Morgan fingerprint density at radius 2 is 1.91 bits per heavy atom. The third-order valence-corrected chi connectivity index (χ3v) is 5.94. The number of nitrogens with one attached hydrogen (secondary N) is 1. The molecular weight excluding hydrogens is 462 g/mol. The van der Waals surface area contributed by atoms with E-state index in [1.54, 1.807) is 16.7 Å². The fourth-order valence-electron chi connectivity index (χ4n) is 3.95. The van der Waals surface area contributed by atoms with Gasteiger partial charge in [-0.05, 0) is 47.4 Å². The molecular formula is C28H26ClN3O3. The minimum atomic E-state index is -0.368. The number of alkyl halides is 1. The maximum absolute atomic E-state index is 13.2. The molecule has 0 aliphatic carbocycles. The van der Waals surface area contributed by atoms with Crippen LogP contribution in [0.5, 0.6) is 5.75 Å². The summed E-state index contributed by atoms with van der Waals surface area (Å²) in [5, 5.41) is 3.52. The summed E-state index contributed by atoms with van der Waals surface area (Å²) in [5.74, 6) is 0.577. The summed E-state index contributed by atoms with van der Waals surface area (Å²) in [4.78, 5) is 29.4. The van der Waals surface area contributed by atoms with Gasteiger partial charge in [-0.25, -0.2) is 4.79 Å². The fraction of sp³-hybridized carbons (Fsp3) is 0.179. The number of amides is 1. The molecule has 0 fully saturated rings. The van der Waals surface area contributed by atoms with Crippen molar-refractivity contribution in [2.24, 2.45) is 0 Å². The molecule has 0 aliphatic heterocycles. The molecule has 6 nitrogen and oxygen atoms in total. The first-order valence-electron chi connectivity index (χ1n) is 11.3. The van der Waals surface area contributed by atoms with Crippen molar-refractivity contribution in [2.45, 2.75) is 26.3 Å². The average Bonchev–Trinajstić information content (AvgIpc) is 2.86. The molecule has 4 rings (SSSR count). The van der Waals surface area contributed by atoms with E-state index in [4.69, 9.17) is 16.3 Å². The molecule has 0 spiro atoms. The Labute approximate surface area is 208 Å². The fourth-order valence-corrected chi connectivity index (χ4v) is 4.02. The van der Waals surface area contributed by atoms with Crippen LogP contribution >= 0.6 is 11.6 Å². The summed E-state index contributed by atoms with van der Waals surface area (Å²) in [6.45, 7) is 8.19. The monoisotopic (exact) mass is 487 g/mol. The number of carbonyl (C=O) groups is 1. The topological polar surface area (TPSA) is 73.2 Å². The first kappa shape index (κ1) is 24.2. The van der Waals surface area contributed by atoms with Gasteiger partial charge in [-0.2, -0.15) is 4.98 Å². The number of nitrogens with zero attached hydrogens (tertiary/aromatic N) is 2. The Morgan fingerprint density at radius 1 is 1.14 bits per heavy atom. The predicted octanol–water partition coefficient (Wildman–Crippen LogP) is 5.93. The number of hydrogen-bond acceptors (Lipinski definition) is 4. The minimum Gasteiger partial charge on any atom is -0.466 e. The van der Waals surface area contributed by atoms with Gasteiger partial charge in [0.05, 0.1) is 24.0 Å². The van der Waals surface area contributed by atoms with Gasteiger partial charge in [0.25, 0.3) is 0 Å². The van der Waals surface area contributed by atoms with Gasteiger partial charge >= 0.3 is 5.69 Å². The van der Waals surface area contributed by atoms with Crippen molar-refractivity contribution in [3.8, 4) is 17.0 Å². The summed E-state index contributed by atoms with van der Waals surface area (Å²) in [6.07, 6.45) is 1.36. The van der Waals surface area contributed by atoms with Crippen molar-refractivity contribution in [1.29, 1.82) is 0 Å². The Bertz CT molecular complexity index is 1440. The molecule has 0 radical (unpaired) electrons. The number of ether oxygens (including phenoxy) is 1.